The quantitative estimate of drug-likeness (QED) is 0.616. The third-order valence-corrected chi connectivity index (χ3v) is 7.17. The summed E-state index contributed by atoms with van der Waals surface area (Å²) < 4.78 is 2.96. The number of thiazole rings is 1. The first-order valence-corrected chi connectivity index (χ1v) is 12.2. The number of piperidine rings is 1. The summed E-state index contributed by atoms with van der Waals surface area (Å²) in [6, 6.07) is 5.47. The number of nitrogens with zero attached hydrogens (tertiary/aromatic N) is 4. The van der Waals surface area contributed by atoms with Gasteiger partial charge in [0.05, 0.1) is 0 Å². The first kappa shape index (κ1) is 23.2. The van der Waals surface area contributed by atoms with Crippen LogP contribution < -0.4 is 21.5 Å². The lowest BCUT2D eigenvalue weighted by Crippen LogP contribution is -2.42. The summed E-state index contributed by atoms with van der Waals surface area (Å²) in [5.74, 6) is 0.333. The molecule has 1 aliphatic rings. The predicted octanol–water partition coefficient (Wildman–Crippen LogP) is 3.69. The van der Waals surface area contributed by atoms with E-state index in [0.29, 0.717) is 16.3 Å². The molecule has 0 spiro atoms. The third-order valence-electron chi connectivity index (χ3n) is 6.08. The summed E-state index contributed by atoms with van der Waals surface area (Å²) in [6.45, 7) is 11.3. The number of hydrogen-bond acceptors (Lipinski definition) is 6. The number of rotatable bonds is 5. The molecule has 0 saturated carbocycles. The lowest BCUT2D eigenvalue weighted by molar-refractivity contribution is -0.116. The fraction of sp³-hybridized carbons (Fsp3) is 0.500. The van der Waals surface area contributed by atoms with Gasteiger partial charge in [-0.1, -0.05) is 24.3 Å². The van der Waals surface area contributed by atoms with Crippen LogP contribution in [0.25, 0.3) is 10.3 Å². The Bertz CT molecular complexity index is 1290. The van der Waals surface area contributed by atoms with Crippen LogP contribution in [0.4, 0.5) is 10.8 Å². The van der Waals surface area contributed by atoms with E-state index in [-0.39, 0.29) is 29.7 Å². The molecule has 0 unspecified atom stereocenters. The Hall–Kier alpha value is -2.94. The molecule has 33 heavy (non-hydrogen) atoms. The standard InChI is InChI=1S/C24H31N5O3S/c1-14(2)29-22(31)20-21(26-23(33-20)27-8-6-15(3)7-9-27)28(24(29)32)13-19(30)25-18-11-16(4)10-17(5)12-18/h10-12,14-15H,6-9,13H2,1-5H3,(H,25,30). The Labute approximate surface area is 196 Å². The van der Waals surface area contributed by atoms with Gasteiger partial charge in [-0.15, -0.1) is 0 Å². The van der Waals surface area contributed by atoms with Crippen LogP contribution in [0.1, 0.15) is 50.8 Å². The van der Waals surface area contributed by atoms with Crippen LogP contribution in [0.3, 0.4) is 0 Å². The molecule has 1 aliphatic heterocycles. The highest BCUT2D eigenvalue weighted by Crippen LogP contribution is 2.29. The molecule has 1 amide bonds. The first-order chi connectivity index (χ1) is 15.6. The highest BCUT2D eigenvalue weighted by Gasteiger charge is 2.24. The van der Waals surface area contributed by atoms with Gasteiger partial charge in [-0.05, 0) is 69.7 Å². The zero-order chi connectivity index (χ0) is 23.9. The van der Waals surface area contributed by atoms with Crippen molar-refractivity contribution < 1.29 is 4.79 Å². The van der Waals surface area contributed by atoms with E-state index in [2.05, 4.69) is 22.1 Å². The molecule has 3 heterocycles. The highest BCUT2D eigenvalue weighted by atomic mass is 32.1. The van der Waals surface area contributed by atoms with Crippen LogP contribution in [-0.2, 0) is 11.3 Å². The molecular weight excluding hydrogens is 438 g/mol. The highest BCUT2D eigenvalue weighted by molar-refractivity contribution is 7.22. The van der Waals surface area contributed by atoms with Gasteiger partial charge in [0.25, 0.3) is 5.56 Å². The summed E-state index contributed by atoms with van der Waals surface area (Å²) in [4.78, 5) is 46.2. The summed E-state index contributed by atoms with van der Waals surface area (Å²) in [7, 11) is 0. The van der Waals surface area contributed by atoms with Gasteiger partial charge in [-0.3, -0.25) is 18.7 Å². The zero-order valence-electron chi connectivity index (χ0n) is 19.8. The predicted molar refractivity (Wildman–Crippen MR) is 134 cm³/mol. The maximum absolute atomic E-state index is 13.3. The topological polar surface area (TPSA) is 89.2 Å². The largest absolute Gasteiger partial charge is 0.348 e. The Balaban J connectivity index is 1.74. The van der Waals surface area contributed by atoms with Gasteiger partial charge in [0.15, 0.2) is 10.8 Å². The maximum Gasteiger partial charge on any atom is 0.333 e. The molecule has 0 radical (unpaired) electrons. The summed E-state index contributed by atoms with van der Waals surface area (Å²) >= 11 is 1.31. The van der Waals surface area contributed by atoms with Gasteiger partial charge in [0, 0.05) is 24.8 Å². The minimum atomic E-state index is -0.512. The second kappa shape index (κ2) is 9.13. The minimum Gasteiger partial charge on any atom is -0.348 e. The van der Waals surface area contributed by atoms with Gasteiger partial charge >= 0.3 is 5.69 Å². The summed E-state index contributed by atoms with van der Waals surface area (Å²) in [6.07, 6.45) is 2.13. The Kier molecular flexibility index (Phi) is 6.43. The molecule has 3 aromatic rings. The average molecular weight is 470 g/mol. The van der Waals surface area contributed by atoms with E-state index >= 15 is 0 Å². The lowest BCUT2D eigenvalue weighted by Gasteiger charge is -2.29. The molecule has 4 rings (SSSR count). The molecule has 1 N–H and O–H groups in total. The number of anilines is 2. The average Bonchev–Trinajstić information content (AvgIpc) is 3.16. The molecule has 9 heteroatoms. The van der Waals surface area contributed by atoms with Gasteiger partial charge in [-0.25, -0.2) is 9.78 Å². The molecule has 8 nitrogen and oxygen atoms in total. The number of aryl methyl sites for hydroxylation is 2. The van der Waals surface area contributed by atoms with Crippen molar-refractivity contribution in [3.63, 3.8) is 0 Å². The van der Waals surface area contributed by atoms with Crippen molar-refractivity contribution in [1.82, 2.24) is 14.1 Å². The van der Waals surface area contributed by atoms with Crippen molar-refractivity contribution in [2.75, 3.05) is 23.3 Å². The van der Waals surface area contributed by atoms with Gasteiger partial charge < -0.3 is 10.2 Å². The Morgan fingerprint density at radius 2 is 1.79 bits per heavy atom. The Morgan fingerprint density at radius 3 is 2.39 bits per heavy atom. The van der Waals surface area contributed by atoms with E-state index in [4.69, 9.17) is 0 Å². The van der Waals surface area contributed by atoms with Crippen LogP contribution in [0.2, 0.25) is 0 Å². The van der Waals surface area contributed by atoms with Gasteiger partial charge in [0.2, 0.25) is 5.91 Å². The minimum absolute atomic E-state index is 0.213. The van der Waals surface area contributed by atoms with Crippen molar-refractivity contribution in [2.24, 2.45) is 5.92 Å². The SMILES string of the molecule is Cc1cc(C)cc(NC(=O)Cn2c(=O)n(C(C)C)c(=O)c3sc(N4CCC(C)CC4)nc32)c1. The van der Waals surface area contributed by atoms with Crippen molar-refractivity contribution >= 4 is 38.4 Å². The van der Waals surface area contributed by atoms with Crippen molar-refractivity contribution in [2.45, 2.75) is 60.0 Å². The number of nitrogens with one attached hydrogen (secondary N) is 1. The molecule has 0 bridgehead atoms. The Morgan fingerprint density at radius 1 is 1.15 bits per heavy atom. The molecule has 2 aromatic heterocycles. The summed E-state index contributed by atoms with van der Waals surface area (Å²) in [5, 5.41) is 3.62. The molecular formula is C24H31N5O3S. The molecule has 0 aliphatic carbocycles. The number of carbonyl (C=O) groups excluding carboxylic acids is 1. The summed E-state index contributed by atoms with van der Waals surface area (Å²) in [5.41, 5.74) is 2.19. The fourth-order valence-electron chi connectivity index (χ4n) is 4.36. The number of amides is 1. The van der Waals surface area contributed by atoms with E-state index in [1.165, 1.54) is 20.5 Å². The lowest BCUT2D eigenvalue weighted by atomic mass is 10.00. The van der Waals surface area contributed by atoms with E-state index < -0.39 is 5.69 Å². The van der Waals surface area contributed by atoms with Gasteiger partial charge in [-0.2, -0.15) is 0 Å². The van der Waals surface area contributed by atoms with Gasteiger partial charge in [0.1, 0.15) is 11.2 Å². The smallest absolute Gasteiger partial charge is 0.333 e. The number of carbonyl (C=O) groups is 1. The number of aromatic nitrogens is 3. The number of fused-ring (bicyclic) bond motifs is 1. The monoisotopic (exact) mass is 469 g/mol. The van der Waals surface area contributed by atoms with Crippen LogP contribution in [0.5, 0.6) is 0 Å². The maximum atomic E-state index is 13.3. The number of benzene rings is 1. The van der Waals surface area contributed by atoms with Crippen LogP contribution in [-0.4, -0.2) is 33.1 Å². The van der Waals surface area contributed by atoms with Crippen molar-refractivity contribution in [3.05, 3.63) is 50.2 Å². The van der Waals surface area contributed by atoms with E-state index in [9.17, 15) is 14.4 Å². The first-order valence-electron chi connectivity index (χ1n) is 11.4. The molecule has 1 aromatic carbocycles. The normalized spacial score (nSPS) is 14.9. The molecule has 176 valence electrons. The second-order valence-electron chi connectivity index (χ2n) is 9.38. The third kappa shape index (κ3) is 4.73. The fourth-order valence-corrected chi connectivity index (χ4v) is 5.42. The zero-order valence-corrected chi connectivity index (χ0v) is 20.7. The van der Waals surface area contributed by atoms with Crippen LogP contribution in [0.15, 0.2) is 27.8 Å². The number of hydrogen-bond donors (Lipinski definition) is 1. The molecule has 0 atom stereocenters. The second-order valence-corrected chi connectivity index (χ2v) is 10.4. The van der Waals surface area contributed by atoms with Crippen molar-refractivity contribution in [1.29, 1.82) is 0 Å². The van der Waals surface area contributed by atoms with E-state index in [0.717, 1.165) is 42.2 Å². The van der Waals surface area contributed by atoms with Crippen LogP contribution >= 0.6 is 11.3 Å². The van der Waals surface area contributed by atoms with E-state index in [1.54, 1.807) is 13.8 Å². The molecule has 1 fully saturated rings. The van der Waals surface area contributed by atoms with E-state index in [1.807, 2.05) is 32.0 Å². The van der Waals surface area contributed by atoms with Crippen molar-refractivity contribution in [3.8, 4) is 0 Å². The van der Waals surface area contributed by atoms with Crippen LogP contribution in [0, 0.1) is 19.8 Å². The molecule has 1 saturated heterocycles.